The first kappa shape index (κ1) is 12.1. The number of nitrogens with one attached hydrogen (secondary N) is 1. The van der Waals surface area contributed by atoms with Gasteiger partial charge in [-0.1, -0.05) is 0 Å². The largest absolute Gasteiger partial charge is 0.478 e. The van der Waals surface area contributed by atoms with Gasteiger partial charge in [-0.3, -0.25) is 0 Å². The third-order valence-electron chi connectivity index (χ3n) is 3.11. The molecule has 2 rings (SSSR count). The molecular formula is C12H17NO4. The predicted octanol–water partition coefficient (Wildman–Crippen LogP) is 1.55. The molecule has 0 amide bonds. The third kappa shape index (κ3) is 2.68. The van der Waals surface area contributed by atoms with E-state index in [2.05, 4.69) is 12.2 Å². The molecule has 1 unspecified atom stereocenters. The second-order valence-electron chi connectivity index (χ2n) is 4.70. The summed E-state index contributed by atoms with van der Waals surface area (Å²) < 4.78 is 10.7. The molecule has 2 heterocycles. The van der Waals surface area contributed by atoms with Crippen LogP contribution in [0.4, 0.5) is 0 Å². The minimum Gasteiger partial charge on any atom is -0.478 e. The summed E-state index contributed by atoms with van der Waals surface area (Å²) in [6.07, 6.45) is 0.957. The summed E-state index contributed by atoms with van der Waals surface area (Å²) in [5.74, 6) is 0.142. The quantitative estimate of drug-likeness (QED) is 0.834. The van der Waals surface area contributed by atoms with E-state index < -0.39 is 5.97 Å². The van der Waals surface area contributed by atoms with Crippen LogP contribution in [-0.2, 0) is 11.3 Å². The Morgan fingerprint density at radius 1 is 1.65 bits per heavy atom. The van der Waals surface area contributed by atoms with Crippen LogP contribution in [0.3, 0.4) is 0 Å². The SMILES string of the molecule is Cc1oc(CNC2(C)CCOC2)cc1C(=O)O. The molecule has 0 bridgehead atoms. The van der Waals surface area contributed by atoms with Crippen LogP contribution in [0.25, 0.3) is 0 Å². The van der Waals surface area contributed by atoms with Crippen molar-refractivity contribution < 1.29 is 19.1 Å². The molecule has 1 aliphatic rings. The van der Waals surface area contributed by atoms with E-state index in [0.29, 0.717) is 24.7 Å². The molecule has 0 aliphatic carbocycles. The van der Waals surface area contributed by atoms with Crippen LogP contribution in [0.1, 0.15) is 35.2 Å². The van der Waals surface area contributed by atoms with Gasteiger partial charge < -0.3 is 19.6 Å². The lowest BCUT2D eigenvalue weighted by Gasteiger charge is -2.22. The summed E-state index contributed by atoms with van der Waals surface area (Å²) in [5, 5.41) is 12.3. The van der Waals surface area contributed by atoms with Crippen molar-refractivity contribution in [3.63, 3.8) is 0 Å². The average Bonchev–Trinajstić information content (AvgIpc) is 2.83. The van der Waals surface area contributed by atoms with E-state index >= 15 is 0 Å². The van der Waals surface area contributed by atoms with E-state index in [-0.39, 0.29) is 11.1 Å². The molecule has 17 heavy (non-hydrogen) atoms. The van der Waals surface area contributed by atoms with E-state index in [1.54, 1.807) is 13.0 Å². The maximum Gasteiger partial charge on any atom is 0.339 e. The molecule has 2 N–H and O–H groups in total. The number of aromatic carboxylic acids is 1. The summed E-state index contributed by atoms with van der Waals surface area (Å²) in [4.78, 5) is 10.9. The van der Waals surface area contributed by atoms with Crippen LogP contribution in [0.2, 0.25) is 0 Å². The maximum atomic E-state index is 10.9. The highest BCUT2D eigenvalue weighted by molar-refractivity contribution is 5.88. The highest BCUT2D eigenvalue weighted by atomic mass is 16.5. The molecule has 0 aromatic carbocycles. The number of carboxylic acid groups (broad SMARTS) is 1. The summed E-state index contributed by atoms with van der Waals surface area (Å²) in [6, 6.07) is 1.57. The lowest BCUT2D eigenvalue weighted by atomic mass is 10.0. The molecule has 5 heteroatoms. The average molecular weight is 239 g/mol. The van der Waals surface area contributed by atoms with Gasteiger partial charge in [0.1, 0.15) is 17.1 Å². The summed E-state index contributed by atoms with van der Waals surface area (Å²) >= 11 is 0. The number of hydrogen-bond donors (Lipinski definition) is 2. The number of carbonyl (C=O) groups is 1. The van der Waals surface area contributed by atoms with Crippen molar-refractivity contribution in [2.75, 3.05) is 13.2 Å². The van der Waals surface area contributed by atoms with Crippen LogP contribution < -0.4 is 5.32 Å². The molecule has 0 saturated carbocycles. The van der Waals surface area contributed by atoms with Gasteiger partial charge in [0.2, 0.25) is 0 Å². The van der Waals surface area contributed by atoms with E-state index in [4.69, 9.17) is 14.3 Å². The zero-order valence-electron chi connectivity index (χ0n) is 10.1. The van der Waals surface area contributed by atoms with Crippen molar-refractivity contribution in [2.45, 2.75) is 32.4 Å². The molecule has 0 radical (unpaired) electrons. The fraction of sp³-hybridized carbons (Fsp3) is 0.583. The van der Waals surface area contributed by atoms with Crippen LogP contribution >= 0.6 is 0 Å². The first-order valence-corrected chi connectivity index (χ1v) is 5.65. The Hall–Kier alpha value is -1.33. The number of hydrogen-bond acceptors (Lipinski definition) is 4. The van der Waals surface area contributed by atoms with Gasteiger partial charge >= 0.3 is 5.97 Å². The summed E-state index contributed by atoms with van der Waals surface area (Å²) in [5.41, 5.74) is 0.194. The van der Waals surface area contributed by atoms with Gasteiger partial charge in [-0.25, -0.2) is 4.79 Å². The van der Waals surface area contributed by atoms with Crippen LogP contribution in [0, 0.1) is 6.92 Å². The topological polar surface area (TPSA) is 71.7 Å². The zero-order chi connectivity index (χ0) is 12.5. The van der Waals surface area contributed by atoms with Crippen molar-refractivity contribution in [2.24, 2.45) is 0 Å². The molecule has 1 aromatic heterocycles. The van der Waals surface area contributed by atoms with Gasteiger partial charge in [-0.15, -0.1) is 0 Å². The highest BCUT2D eigenvalue weighted by Gasteiger charge is 2.29. The molecule has 0 spiro atoms. The molecule has 1 fully saturated rings. The monoisotopic (exact) mass is 239 g/mol. The molecule has 94 valence electrons. The molecular weight excluding hydrogens is 222 g/mol. The third-order valence-corrected chi connectivity index (χ3v) is 3.11. The van der Waals surface area contributed by atoms with E-state index in [0.717, 1.165) is 13.0 Å². The van der Waals surface area contributed by atoms with Gasteiger partial charge in [-0.2, -0.15) is 0 Å². The van der Waals surface area contributed by atoms with Gasteiger partial charge in [0.05, 0.1) is 13.2 Å². The first-order valence-electron chi connectivity index (χ1n) is 5.65. The number of rotatable bonds is 4. The van der Waals surface area contributed by atoms with Gasteiger partial charge in [0, 0.05) is 12.1 Å². The highest BCUT2D eigenvalue weighted by Crippen LogP contribution is 2.20. The van der Waals surface area contributed by atoms with E-state index in [1.165, 1.54) is 0 Å². The van der Waals surface area contributed by atoms with Crippen molar-refractivity contribution in [1.29, 1.82) is 0 Å². The van der Waals surface area contributed by atoms with Gasteiger partial charge in [0.25, 0.3) is 0 Å². The Balaban J connectivity index is 1.99. The minimum atomic E-state index is -0.951. The minimum absolute atomic E-state index is 0.0376. The lowest BCUT2D eigenvalue weighted by Crippen LogP contribution is -2.42. The molecule has 1 saturated heterocycles. The number of carboxylic acids is 1. The van der Waals surface area contributed by atoms with Crippen molar-refractivity contribution in [3.05, 3.63) is 23.2 Å². The lowest BCUT2D eigenvalue weighted by molar-refractivity contribution is 0.0695. The summed E-state index contributed by atoms with van der Waals surface area (Å²) in [6.45, 7) is 5.72. The maximum absolute atomic E-state index is 10.9. The van der Waals surface area contributed by atoms with Gasteiger partial charge in [-0.05, 0) is 26.3 Å². The number of aryl methyl sites for hydroxylation is 1. The normalized spacial score (nSPS) is 24.1. The molecule has 1 aliphatic heterocycles. The molecule has 5 nitrogen and oxygen atoms in total. The fourth-order valence-corrected chi connectivity index (χ4v) is 1.95. The smallest absolute Gasteiger partial charge is 0.339 e. The van der Waals surface area contributed by atoms with E-state index in [1.807, 2.05) is 0 Å². The van der Waals surface area contributed by atoms with Gasteiger partial charge in [0.15, 0.2) is 0 Å². The van der Waals surface area contributed by atoms with Crippen molar-refractivity contribution in [3.8, 4) is 0 Å². The Morgan fingerprint density at radius 2 is 2.41 bits per heavy atom. The number of furan rings is 1. The standard InChI is InChI=1S/C12H17NO4/c1-8-10(11(14)15)5-9(17-8)6-13-12(2)3-4-16-7-12/h5,13H,3-4,6-7H2,1-2H3,(H,14,15). The summed E-state index contributed by atoms with van der Waals surface area (Å²) in [7, 11) is 0. The first-order chi connectivity index (χ1) is 8.00. The fourth-order valence-electron chi connectivity index (χ4n) is 1.95. The molecule has 1 atom stereocenters. The number of ether oxygens (including phenoxy) is 1. The van der Waals surface area contributed by atoms with Crippen LogP contribution in [-0.4, -0.2) is 29.8 Å². The Morgan fingerprint density at radius 3 is 2.94 bits per heavy atom. The Kier molecular flexibility index (Phi) is 3.22. The Labute approximate surface area is 99.8 Å². The zero-order valence-corrected chi connectivity index (χ0v) is 10.1. The second-order valence-corrected chi connectivity index (χ2v) is 4.70. The van der Waals surface area contributed by atoms with E-state index in [9.17, 15) is 4.79 Å². The Bertz CT molecular complexity index is 418. The predicted molar refractivity (Wildman–Crippen MR) is 61.1 cm³/mol. The van der Waals surface area contributed by atoms with Crippen LogP contribution in [0.15, 0.2) is 10.5 Å². The van der Waals surface area contributed by atoms with Crippen molar-refractivity contribution >= 4 is 5.97 Å². The van der Waals surface area contributed by atoms with Crippen LogP contribution in [0.5, 0.6) is 0 Å². The second kappa shape index (κ2) is 4.50. The molecule has 1 aromatic rings. The van der Waals surface area contributed by atoms with Crippen molar-refractivity contribution in [1.82, 2.24) is 5.32 Å².